The van der Waals surface area contributed by atoms with E-state index in [9.17, 15) is 14.9 Å². The van der Waals surface area contributed by atoms with Crippen molar-refractivity contribution in [2.75, 3.05) is 5.32 Å². The summed E-state index contributed by atoms with van der Waals surface area (Å²) in [6, 6.07) is 2.53. The summed E-state index contributed by atoms with van der Waals surface area (Å²) in [5.41, 5.74) is -0.267. The highest BCUT2D eigenvalue weighted by molar-refractivity contribution is 6.29. The van der Waals surface area contributed by atoms with Crippen molar-refractivity contribution in [2.45, 2.75) is 26.7 Å². The lowest BCUT2D eigenvalue weighted by molar-refractivity contribution is -0.384. The van der Waals surface area contributed by atoms with Crippen LogP contribution in [0.25, 0.3) is 0 Å². The summed E-state index contributed by atoms with van der Waals surface area (Å²) in [7, 11) is 0. The molecule has 1 heterocycles. The minimum atomic E-state index is -0.608. The third-order valence-corrected chi connectivity index (χ3v) is 2.66. The molecule has 1 amide bonds. The summed E-state index contributed by atoms with van der Waals surface area (Å²) in [6.07, 6.45) is 1.57. The van der Waals surface area contributed by atoms with E-state index in [2.05, 4.69) is 10.3 Å². The van der Waals surface area contributed by atoms with Crippen molar-refractivity contribution in [2.24, 2.45) is 5.92 Å². The van der Waals surface area contributed by atoms with Crippen LogP contribution in [0.3, 0.4) is 0 Å². The quantitative estimate of drug-likeness (QED) is 0.507. The molecule has 0 aliphatic carbocycles. The van der Waals surface area contributed by atoms with Crippen molar-refractivity contribution >= 4 is 29.0 Å². The van der Waals surface area contributed by atoms with E-state index >= 15 is 0 Å². The van der Waals surface area contributed by atoms with Gasteiger partial charge in [-0.25, -0.2) is 4.98 Å². The van der Waals surface area contributed by atoms with Crippen LogP contribution in [0, 0.1) is 16.0 Å². The van der Waals surface area contributed by atoms with Crippen molar-refractivity contribution in [1.29, 1.82) is 0 Å². The topological polar surface area (TPSA) is 85.1 Å². The largest absolute Gasteiger partial charge is 0.311 e. The Hall–Kier alpha value is -1.69. The van der Waals surface area contributed by atoms with Crippen LogP contribution in [0.15, 0.2) is 12.1 Å². The van der Waals surface area contributed by atoms with Crippen molar-refractivity contribution in [1.82, 2.24) is 4.98 Å². The molecule has 0 aliphatic rings. The molecular weight excluding hydrogens is 258 g/mol. The molecule has 1 unspecified atom stereocenters. The van der Waals surface area contributed by atoms with Gasteiger partial charge in [-0.15, -0.1) is 0 Å². The van der Waals surface area contributed by atoms with E-state index in [4.69, 9.17) is 11.6 Å². The first-order chi connectivity index (χ1) is 8.45. The molecule has 0 bridgehead atoms. The van der Waals surface area contributed by atoms with Gasteiger partial charge in [0.05, 0.1) is 4.92 Å². The fourth-order valence-electron chi connectivity index (χ4n) is 1.47. The van der Waals surface area contributed by atoms with Crippen molar-refractivity contribution in [3.63, 3.8) is 0 Å². The number of carbonyl (C=O) groups is 1. The van der Waals surface area contributed by atoms with Gasteiger partial charge in [-0.1, -0.05) is 31.9 Å². The molecule has 1 N–H and O–H groups in total. The number of halogens is 1. The summed E-state index contributed by atoms with van der Waals surface area (Å²) in [4.78, 5) is 25.7. The molecule has 0 radical (unpaired) electrons. The second-order valence-electron chi connectivity index (χ2n) is 3.94. The van der Waals surface area contributed by atoms with Gasteiger partial charge in [0.25, 0.3) is 0 Å². The second-order valence-corrected chi connectivity index (χ2v) is 4.33. The van der Waals surface area contributed by atoms with Gasteiger partial charge in [-0.2, -0.15) is 0 Å². The third-order valence-electron chi connectivity index (χ3n) is 2.45. The van der Waals surface area contributed by atoms with Gasteiger partial charge in [-0.3, -0.25) is 14.9 Å². The van der Waals surface area contributed by atoms with Gasteiger partial charge in [-0.05, 0) is 12.5 Å². The standard InChI is InChI=1S/C11H14ClN3O3/c1-3-4-7(2)11(16)14-10-8(15(17)18)5-6-9(12)13-10/h5-7H,3-4H2,1-2H3,(H,13,14,16). The first-order valence-electron chi connectivity index (χ1n) is 5.57. The van der Waals surface area contributed by atoms with Crippen LogP contribution in [-0.2, 0) is 4.79 Å². The molecule has 0 spiro atoms. The fourth-order valence-corrected chi connectivity index (χ4v) is 1.62. The molecule has 1 aromatic rings. The number of anilines is 1. The number of hydrogen-bond donors (Lipinski definition) is 1. The summed E-state index contributed by atoms with van der Waals surface area (Å²) >= 11 is 5.66. The van der Waals surface area contributed by atoms with Crippen LogP contribution in [0.1, 0.15) is 26.7 Å². The van der Waals surface area contributed by atoms with Crippen LogP contribution in [-0.4, -0.2) is 15.8 Å². The van der Waals surface area contributed by atoms with Crippen LogP contribution in [0.2, 0.25) is 5.15 Å². The first-order valence-corrected chi connectivity index (χ1v) is 5.95. The predicted molar refractivity (Wildman–Crippen MR) is 68.6 cm³/mol. The minimum absolute atomic E-state index is 0.0963. The highest BCUT2D eigenvalue weighted by Gasteiger charge is 2.20. The van der Waals surface area contributed by atoms with Crippen LogP contribution < -0.4 is 5.32 Å². The Balaban J connectivity index is 2.92. The smallest absolute Gasteiger partial charge is 0.305 e. The van der Waals surface area contributed by atoms with E-state index in [0.29, 0.717) is 6.42 Å². The van der Waals surface area contributed by atoms with Crippen LogP contribution in [0.4, 0.5) is 11.5 Å². The Morgan fingerprint density at radius 2 is 2.28 bits per heavy atom. The van der Waals surface area contributed by atoms with Crippen LogP contribution in [0.5, 0.6) is 0 Å². The number of nitrogens with one attached hydrogen (secondary N) is 1. The zero-order valence-corrected chi connectivity index (χ0v) is 10.9. The Kier molecular flexibility index (Phi) is 5.03. The summed E-state index contributed by atoms with van der Waals surface area (Å²) in [5, 5.41) is 13.3. The fraction of sp³-hybridized carbons (Fsp3) is 0.455. The van der Waals surface area contributed by atoms with Gasteiger partial charge in [0.2, 0.25) is 11.7 Å². The molecule has 0 fully saturated rings. The summed E-state index contributed by atoms with van der Waals surface area (Å²) in [5.74, 6) is -0.634. The molecular formula is C11H14ClN3O3. The molecule has 18 heavy (non-hydrogen) atoms. The van der Waals surface area contributed by atoms with Crippen molar-refractivity contribution in [3.05, 3.63) is 27.4 Å². The molecule has 7 heteroatoms. The van der Waals surface area contributed by atoms with Gasteiger partial charge in [0, 0.05) is 12.0 Å². The van der Waals surface area contributed by atoms with E-state index in [1.807, 2.05) is 6.92 Å². The highest BCUT2D eigenvalue weighted by Crippen LogP contribution is 2.24. The SMILES string of the molecule is CCCC(C)C(=O)Nc1nc(Cl)ccc1[N+](=O)[O-]. The van der Waals surface area contributed by atoms with E-state index in [-0.39, 0.29) is 28.5 Å². The van der Waals surface area contributed by atoms with E-state index < -0.39 is 4.92 Å². The average molecular weight is 272 g/mol. The van der Waals surface area contributed by atoms with Gasteiger partial charge in [0.15, 0.2) is 0 Å². The lowest BCUT2D eigenvalue weighted by Crippen LogP contribution is -2.21. The Labute approximate surface area is 110 Å². The number of nitrogens with zero attached hydrogens (tertiary/aromatic N) is 2. The van der Waals surface area contributed by atoms with Gasteiger partial charge >= 0.3 is 5.69 Å². The third kappa shape index (κ3) is 3.66. The normalized spacial score (nSPS) is 11.9. The van der Waals surface area contributed by atoms with Crippen molar-refractivity contribution in [3.8, 4) is 0 Å². The highest BCUT2D eigenvalue weighted by atomic mass is 35.5. The van der Waals surface area contributed by atoms with Crippen LogP contribution >= 0.6 is 11.6 Å². The summed E-state index contributed by atoms with van der Waals surface area (Å²) < 4.78 is 0. The summed E-state index contributed by atoms with van der Waals surface area (Å²) in [6.45, 7) is 3.72. The van der Waals surface area contributed by atoms with E-state index in [1.165, 1.54) is 12.1 Å². The monoisotopic (exact) mass is 271 g/mol. The molecule has 1 aromatic heterocycles. The molecule has 0 saturated carbocycles. The maximum absolute atomic E-state index is 11.8. The lowest BCUT2D eigenvalue weighted by Gasteiger charge is -2.10. The molecule has 1 rings (SSSR count). The number of rotatable bonds is 5. The Morgan fingerprint density at radius 1 is 1.61 bits per heavy atom. The first kappa shape index (κ1) is 14.4. The maximum atomic E-state index is 11.8. The Bertz CT molecular complexity index is 465. The number of hydrogen-bond acceptors (Lipinski definition) is 4. The lowest BCUT2D eigenvalue weighted by atomic mass is 10.1. The molecule has 0 saturated heterocycles. The van der Waals surface area contributed by atoms with Crippen molar-refractivity contribution < 1.29 is 9.72 Å². The maximum Gasteiger partial charge on any atom is 0.311 e. The van der Waals surface area contributed by atoms with E-state index in [1.54, 1.807) is 6.92 Å². The minimum Gasteiger partial charge on any atom is -0.305 e. The Morgan fingerprint density at radius 3 is 2.83 bits per heavy atom. The number of nitro groups is 1. The number of carbonyl (C=O) groups excluding carboxylic acids is 1. The zero-order valence-electron chi connectivity index (χ0n) is 10.1. The van der Waals surface area contributed by atoms with Gasteiger partial charge in [0.1, 0.15) is 5.15 Å². The van der Waals surface area contributed by atoms with E-state index in [0.717, 1.165) is 6.42 Å². The molecule has 6 nitrogen and oxygen atoms in total. The average Bonchev–Trinajstić information content (AvgIpc) is 2.28. The molecule has 1 atom stereocenters. The zero-order chi connectivity index (χ0) is 13.7. The number of amides is 1. The number of aromatic nitrogens is 1. The van der Waals surface area contributed by atoms with Gasteiger partial charge < -0.3 is 5.32 Å². The molecule has 98 valence electrons. The molecule has 0 aromatic carbocycles. The molecule has 0 aliphatic heterocycles. The number of pyridine rings is 1. The second kappa shape index (κ2) is 6.30. The predicted octanol–water partition coefficient (Wildman–Crippen LogP) is 3.02.